The first-order chi connectivity index (χ1) is 13.2. The average molecular weight is 361 g/mol. The smallest absolute Gasteiger partial charge is 0.434 e. The van der Waals surface area contributed by atoms with Crippen LogP contribution in [0.3, 0.4) is 0 Å². The number of rotatable bonds is 5. The van der Waals surface area contributed by atoms with Crippen molar-refractivity contribution >= 4 is 6.16 Å². The van der Waals surface area contributed by atoms with Gasteiger partial charge in [0, 0.05) is 5.56 Å². The molecule has 0 fully saturated rings. The van der Waals surface area contributed by atoms with E-state index in [0.29, 0.717) is 11.4 Å². The zero-order chi connectivity index (χ0) is 19.1. The predicted octanol–water partition coefficient (Wildman–Crippen LogP) is 4.34. The summed E-state index contributed by atoms with van der Waals surface area (Å²) in [5.41, 5.74) is 1.08. The Kier molecular flexibility index (Phi) is 5.60. The number of ether oxygens (including phenoxy) is 3. The topological polar surface area (TPSA) is 94.3 Å². The molecular formula is C20H15N3O4. The van der Waals surface area contributed by atoms with Crippen molar-refractivity contribution in [1.29, 1.82) is 5.26 Å². The quantitative estimate of drug-likeness (QED) is 0.624. The first-order valence-corrected chi connectivity index (χ1v) is 8.15. The Bertz CT molecular complexity index is 984. The molecule has 7 nitrogen and oxygen atoms in total. The van der Waals surface area contributed by atoms with Crippen LogP contribution in [-0.2, 0) is 4.74 Å². The Balaban J connectivity index is 2.01. The lowest BCUT2D eigenvalue weighted by atomic mass is 10.2. The molecule has 1 heterocycles. The Labute approximate surface area is 155 Å². The number of hydrogen-bond donors (Lipinski definition) is 0. The number of carbonyl (C=O) groups excluding carboxylic acids is 1. The highest BCUT2D eigenvalue weighted by Gasteiger charge is 2.17. The van der Waals surface area contributed by atoms with Crippen molar-refractivity contribution in [2.45, 2.75) is 6.92 Å². The highest BCUT2D eigenvalue weighted by Crippen LogP contribution is 2.32. The van der Waals surface area contributed by atoms with Gasteiger partial charge in [-0.25, -0.2) is 9.78 Å². The van der Waals surface area contributed by atoms with Crippen molar-refractivity contribution in [3.05, 3.63) is 66.4 Å². The van der Waals surface area contributed by atoms with Gasteiger partial charge in [0.1, 0.15) is 11.8 Å². The van der Waals surface area contributed by atoms with E-state index in [1.165, 1.54) is 6.20 Å². The summed E-state index contributed by atoms with van der Waals surface area (Å²) in [5.74, 6) is 0.656. The number of benzene rings is 2. The summed E-state index contributed by atoms with van der Waals surface area (Å²) in [6, 6.07) is 18.0. The molecule has 7 heteroatoms. The van der Waals surface area contributed by atoms with Gasteiger partial charge in [0.25, 0.3) is 5.88 Å². The largest absolute Gasteiger partial charge is 0.514 e. The lowest BCUT2D eigenvalue weighted by Gasteiger charge is -2.12. The van der Waals surface area contributed by atoms with Gasteiger partial charge in [0.05, 0.1) is 18.4 Å². The minimum absolute atomic E-state index is 0.000365. The normalized spacial score (nSPS) is 9.93. The summed E-state index contributed by atoms with van der Waals surface area (Å²) >= 11 is 0. The fourth-order valence-corrected chi connectivity index (χ4v) is 2.21. The van der Waals surface area contributed by atoms with Gasteiger partial charge in [-0.2, -0.15) is 10.2 Å². The van der Waals surface area contributed by atoms with Gasteiger partial charge in [-0.15, -0.1) is 0 Å². The Morgan fingerprint density at radius 1 is 1.07 bits per heavy atom. The van der Waals surface area contributed by atoms with Gasteiger partial charge in [0.2, 0.25) is 5.75 Å². The van der Waals surface area contributed by atoms with E-state index >= 15 is 0 Å². The van der Waals surface area contributed by atoms with Gasteiger partial charge >= 0.3 is 6.16 Å². The molecule has 0 radical (unpaired) electrons. The molecule has 0 spiro atoms. The van der Waals surface area contributed by atoms with E-state index in [0.717, 1.165) is 5.56 Å². The molecule has 2 aromatic carbocycles. The second-order valence-electron chi connectivity index (χ2n) is 5.22. The maximum absolute atomic E-state index is 11.7. The Hall–Kier alpha value is -3.92. The second-order valence-corrected chi connectivity index (χ2v) is 5.22. The molecule has 0 unspecified atom stereocenters. The molecule has 0 aliphatic heterocycles. The van der Waals surface area contributed by atoms with Crippen LogP contribution in [0.15, 0.2) is 60.8 Å². The van der Waals surface area contributed by atoms with Crippen molar-refractivity contribution in [3.63, 3.8) is 0 Å². The van der Waals surface area contributed by atoms with E-state index in [1.807, 2.05) is 36.4 Å². The molecule has 0 aliphatic rings. The van der Waals surface area contributed by atoms with Crippen LogP contribution in [0.4, 0.5) is 4.79 Å². The first-order valence-electron chi connectivity index (χ1n) is 8.15. The molecule has 0 N–H and O–H groups in total. The van der Waals surface area contributed by atoms with Crippen LogP contribution in [0.5, 0.6) is 17.4 Å². The van der Waals surface area contributed by atoms with Gasteiger partial charge in [0.15, 0.2) is 5.82 Å². The monoisotopic (exact) mass is 361 g/mol. The second kappa shape index (κ2) is 8.45. The summed E-state index contributed by atoms with van der Waals surface area (Å²) in [6.07, 6.45) is 0.434. The lowest BCUT2D eigenvalue weighted by molar-refractivity contribution is 0.103. The van der Waals surface area contributed by atoms with E-state index in [4.69, 9.17) is 14.2 Å². The number of nitrogens with zero attached hydrogens (tertiary/aromatic N) is 3. The van der Waals surface area contributed by atoms with Crippen molar-refractivity contribution in [1.82, 2.24) is 9.97 Å². The van der Waals surface area contributed by atoms with Gasteiger partial charge in [-0.3, -0.25) is 0 Å². The highest BCUT2D eigenvalue weighted by molar-refractivity contribution is 5.65. The van der Waals surface area contributed by atoms with E-state index < -0.39 is 6.16 Å². The number of para-hydroxylation sites is 1. The van der Waals surface area contributed by atoms with Crippen LogP contribution in [0.1, 0.15) is 12.5 Å². The van der Waals surface area contributed by atoms with E-state index in [-0.39, 0.29) is 24.0 Å². The molecule has 3 aromatic rings. The summed E-state index contributed by atoms with van der Waals surface area (Å²) in [6.45, 7) is 1.83. The van der Waals surface area contributed by atoms with Crippen LogP contribution >= 0.6 is 0 Å². The molecule has 1 aromatic heterocycles. The molecule has 3 rings (SSSR count). The summed E-state index contributed by atoms with van der Waals surface area (Å²) < 4.78 is 15.7. The zero-order valence-corrected chi connectivity index (χ0v) is 14.5. The minimum Gasteiger partial charge on any atom is -0.434 e. The third-order valence-electron chi connectivity index (χ3n) is 3.42. The average Bonchev–Trinajstić information content (AvgIpc) is 2.70. The maximum atomic E-state index is 11.7. The van der Waals surface area contributed by atoms with E-state index in [9.17, 15) is 10.1 Å². The molecule has 134 valence electrons. The molecule has 27 heavy (non-hydrogen) atoms. The lowest BCUT2D eigenvalue weighted by Crippen LogP contribution is -2.11. The van der Waals surface area contributed by atoms with Crippen LogP contribution in [0.25, 0.3) is 11.4 Å². The summed E-state index contributed by atoms with van der Waals surface area (Å²) in [7, 11) is 0. The van der Waals surface area contributed by atoms with Crippen LogP contribution in [0.2, 0.25) is 0 Å². The van der Waals surface area contributed by atoms with Crippen molar-refractivity contribution < 1.29 is 19.0 Å². The van der Waals surface area contributed by atoms with Crippen molar-refractivity contribution in [2.24, 2.45) is 0 Å². The fourth-order valence-electron chi connectivity index (χ4n) is 2.21. The van der Waals surface area contributed by atoms with Gasteiger partial charge in [-0.1, -0.05) is 42.5 Å². The zero-order valence-electron chi connectivity index (χ0n) is 14.5. The Morgan fingerprint density at radius 2 is 1.81 bits per heavy atom. The minimum atomic E-state index is -0.896. The molecule has 0 amide bonds. The standard InChI is InChI=1S/C20H15N3O4/c1-2-25-20(24)27-17-13-22-18(14-8-4-3-5-9-14)23-19(17)26-16-11-7-6-10-15(16)12-21/h3-11,13H,2H2,1H3. The summed E-state index contributed by atoms with van der Waals surface area (Å²) in [4.78, 5) is 20.3. The molecular weight excluding hydrogens is 346 g/mol. The number of aromatic nitrogens is 2. The SMILES string of the molecule is CCOC(=O)Oc1cnc(-c2ccccc2)nc1Oc1ccccc1C#N. The van der Waals surface area contributed by atoms with E-state index in [2.05, 4.69) is 9.97 Å². The van der Waals surface area contributed by atoms with Crippen molar-refractivity contribution in [3.8, 4) is 34.8 Å². The first kappa shape index (κ1) is 17.9. The van der Waals surface area contributed by atoms with Gasteiger partial charge in [-0.05, 0) is 19.1 Å². The van der Waals surface area contributed by atoms with Crippen molar-refractivity contribution in [2.75, 3.05) is 6.61 Å². The fraction of sp³-hybridized carbons (Fsp3) is 0.100. The third-order valence-corrected chi connectivity index (χ3v) is 3.42. The molecule has 0 atom stereocenters. The van der Waals surface area contributed by atoms with Crippen LogP contribution in [-0.4, -0.2) is 22.7 Å². The number of nitriles is 1. The third kappa shape index (κ3) is 4.38. The van der Waals surface area contributed by atoms with Crippen LogP contribution < -0.4 is 9.47 Å². The molecule has 0 bridgehead atoms. The highest BCUT2D eigenvalue weighted by atomic mass is 16.7. The number of carbonyl (C=O) groups is 1. The predicted molar refractivity (Wildman–Crippen MR) is 96.3 cm³/mol. The maximum Gasteiger partial charge on any atom is 0.514 e. The van der Waals surface area contributed by atoms with Gasteiger partial charge < -0.3 is 14.2 Å². The molecule has 0 saturated heterocycles. The van der Waals surface area contributed by atoms with E-state index in [1.54, 1.807) is 31.2 Å². The Morgan fingerprint density at radius 3 is 2.56 bits per heavy atom. The van der Waals surface area contributed by atoms with Crippen LogP contribution in [0, 0.1) is 11.3 Å². The number of hydrogen-bond acceptors (Lipinski definition) is 7. The summed E-state index contributed by atoms with van der Waals surface area (Å²) in [5, 5.41) is 9.25. The molecule has 0 aliphatic carbocycles. The molecule has 0 saturated carbocycles.